The molecule has 0 spiro atoms. The van der Waals surface area contributed by atoms with Gasteiger partial charge in [-0.1, -0.05) is 51.5 Å². The van der Waals surface area contributed by atoms with Crippen molar-refractivity contribution in [1.29, 1.82) is 0 Å². The van der Waals surface area contributed by atoms with E-state index in [1.165, 1.54) is 39.6 Å². The highest BCUT2D eigenvalue weighted by molar-refractivity contribution is 8.54. The van der Waals surface area contributed by atoms with Crippen molar-refractivity contribution in [2.24, 2.45) is 5.92 Å². The Balaban J connectivity index is 0.610. The van der Waals surface area contributed by atoms with E-state index in [0.29, 0.717) is 40.5 Å². The zero-order chi connectivity index (χ0) is 72.4. The maximum atomic E-state index is 16.7. The lowest BCUT2D eigenvalue weighted by atomic mass is 10.0. The molecule has 3 fully saturated rings. The van der Waals surface area contributed by atoms with Crippen molar-refractivity contribution in [1.82, 2.24) is 79.8 Å². The predicted molar refractivity (Wildman–Crippen MR) is 364 cm³/mol. The number of nitrogens with two attached hydrogens (primary N) is 2. The first-order valence-electron chi connectivity index (χ1n) is 32.2. The number of carbonyl (C=O) groups is 5. The number of rotatable bonds is 28. The number of fused-ring (bicyclic) bond motifs is 5. The lowest BCUT2D eigenvalue weighted by molar-refractivity contribution is -0.133. The van der Waals surface area contributed by atoms with Gasteiger partial charge in [0.25, 0.3) is 11.5 Å². The van der Waals surface area contributed by atoms with E-state index in [1.54, 1.807) is 62.4 Å². The minimum atomic E-state index is -5.14. The molecule has 8 aromatic rings. The van der Waals surface area contributed by atoms with Gasteiger partial charge in [-0.2, -0.15) is 9.97 Å². The van der Waals surface area contributed by atoms with E-state index in [1.807, 2.05) is 0 Å². The summed E-state index contributed by atoms with van der Waals surface area (Å²) in [7, 11) is -5.14. The fourth-order valence-corrected chi connectivity index (χ4v) is 15.4. The fourth-order valence-electron chi connectivity index (χ4n) is 11.0. The van der Waals surface area contributed by atoms with Crippen LogP contribution in [0.1, 0.15) is 80.9 Å². The number of aromatic nitrogens is 12. The highest BCUT2D eigenvalue weighted by Crippen LogP contribution is 2.65. The molecule has 546 valence electrons. The minimum Gasteiger partial charge on any atom is -0.382 e. The molecule has 0 radical (unpaired) electrons. The number of carbonyl (C=O) groups excluding carboxylic acids is 5. The van der Waals surface area contributed by atoms with E-state index in [-0.39, 0.29) is 91.2 Å². The Hall–Kier alpha value is -9.18. The number of imidazole rings is 3. The van der Waals surface area contributed by atoms with Crippen molar-refractivity contribution in [3.8, 4) is 0 Å². The van der Waals surface area contributed by atoms with Crippen LogP contribution in [0.4, 0.5) is 27.7 Å². The number of benzene rings is 2. The number of phosphoric ester groups is 1. The first-order chi connectivity index (χ1) is 48.9. The summed E-state index contributed by atoms with van der Waals surface area (Å²) in [4.78, 5) is 136. The highest BCUT2D eigenvalue weighted by atomic mass is 32.7. The molecule has 13 N–H and O–H groups in total. The number of nitrogens with zero attached hydrogens (tertiary/aromatic N) is 10. The molecule has 2 unspecified atom stereocenters. The molecule has 2 aromatic carbocycles. The molecule has 11 rings (SSSR count). The first kappa shape index (κ1) is 74.0. The van der Waals surface area contributed by atoms with Gasteiger partial charge in [0.15, 0.2) is 46.5 Å². The molecule has 3 aliphatic heterocycles. The van der Waals surface area contributed by atoms with Gasteiger partial charge >= 0.3 is 20.3 Å². The molecule has 9 heterocycles. The van der Waals surface area contributed by atoms with Crippen molar-refractivity contribution < 1.29 is 79.4 Å². The Morgan fingerprint density at radius 1 is 0.784 bits per heavy atom. The number of phosphoric acid groups is 1. The van der Waals surface area contributed by atoms with Crippen molar-refractivity contribution in [2.45, 2.75) is 114 Å². The second-order valence-electron chi connectivity index (χ2n) is 24.0. The zero-order valence-corrected chi connectivity index (χ0v) is 57.9. The maximum Gasteiger partial charge on any atom is 0.472 e. The van der Waals surface area contributed by atoms with Gasteiger partial charge in [-0.05, 0) is 66.0 Å². The summed E-state index contributed by atoms with van der Waals surface area (Å²) in [5.74, 6) is -2.84. The van der Waals surface area contributed by atoms with Crippen molar-refractivity contribution in [2.75, 3.05) is 81.4 Å². The Morgan fingerprint density at radius 3 is 2.29 bits per heavy atom. The molecule has 0 saturated carbocycles. The van der Waals surface area contributed by atoms with Crippen molar-refractivity contribution in [3.63, 3.8) is 0 Å². The van der Waals surface area contributed by atoms with Gasteiger partial charge in [-0.15, -0.1) is 0 Å². The third-order valence-electron chi connectivity index (χ3n) is 16.3. The largest absolute Gasteiger partial charge is 0.472 e. The van der Waals surface area contributed by atoms with E-state index in [0.717, 1.165) is 30.6 Å². The first-order valence-corrected chi connectivity index (χ1v) is 36.9. The third-order valence-corrected chi connectivity index (χ3v) is 21.0. The molecular weight excluding hydrogens is 1400 g/mol. The molecule has 11 atom stereocenters. The number of nitrogen functional groups attached to an aromatic ring is 2. The quantitative estimate of drug-likeness (QED) is 0.0248. The number of hydrogen-bond acceptors (Lipinski definition) is 28. The van der Waals surface area contributed by atoms with Crippen LogP contribution in [0.5, 0.6) is 0 Å². The molecule has 3 saturated heterocycles. The Labute approximate surface area is 582 Å². The fraction of sp³-hybridized carbons (Fsp3) is 0.467. The van der Waals surface area contributed by atoms with Gasteiger partial charge < -0.3 is 77.2 Å². The number of hydrogen-bond donors (Lipinski definition) is 11. The van der Waals surface area contributed by atoms with E-state index >= 15 is 8.96 Å². The number of H-pyrrole nitrogens is 2. The molecule has 38 nitrogen and oxygen atoms in total. The van der Waals surface area contributed by atoms with E-state index in [9.17, 15) is 43.0 Å². The van der Waals surface area contributed by atoms with Gasteiger partial charge in [0.1, 0.15) is 66.7 Å². The Bertz CT molecular complexity index is 4570. The van der Waals surface area contributed by atoms with Gasteiger partial charge in [0.05, 0.1) is 65.1 Å². The summed E-state index contributed by atoms with van der Waals surface area (Å²) in [5, 5.41) is 16.3. The van der Waals surface area contributed by atoms with E-state index in [2.05, 4.69) is 83.7 Å². The molecule has 5 amide bonds. The monoisotopic (exact) mass is 1480 g/mol. The van der Waals surface area contributed by atoms with Crippen LogP contribution in [0.15, 0.2) is 83.4 Å². The molecule has 42 heteroatoms. The van der Waals surface area contributed by atoms with Crippen LogP contribution in [-0.2, 0) is 77.6 Å². The molecular formula is C60H75FN20O18P2S. The number of amides is 5. The predicted octanol–water partition coefficient (Wildman–Crippen LogP) is 2.46. The summed E-state index contributed by atoms with van der Waals surface area (Å²) in [6.07, 6.45) is -4.05. The molecule has 6 aromatic heterocycles. The summed E-state index contributed by atoms with van der Waals surface area (Å²) in [6, 6.07) is 10.7. The van der Waals surface area contributed by atoms with Gasteiger partial charge in [0.2, 0.25) is 29.6 Å². The van der Waals surface area contributed by atoms with Crippen LogP contribution in [0.25, 0.3) is 33.5 Å². The molecule has 0 aliphatic carbocycles. The second-order valence-corrected chi connectivity index (χ2v) is 29.5. The van der Waals surface area contributed by atoms with Crippen LogP contribution in [0, 0.1) is 5.92 Å². The SMILES string of the molecule is CCCCNc1nc(N)c2[nH]c(=O)n(Cc3ccc(C(=O)NCC(=O)NCCOCCOCC(=O)N[C@H](C(=O)N[C@@H](C)C(=O)Nc4ccc(CSP5(=O)OC[C@H]6O[C@@H](n7cnc8c(N)ncnc87)[C@H](F)[C@@H]6OP(=O)(O)OC[C@H]6O[C@@H](n7cnc8c(=O)[nH]cnc87)C[C@@H]6O5)cc4)C(C)C)cc3)c2n1. The van der Waals surface area contributed by atoms with E-state index < -0.39 is 136 Å². The smallest absolute Gasteiger partial charge is 0.382 e. The van der Waals surface area contributed by atoms with Gasteiger partial charge in [0, 0.05) is 36.5 Å². The number of aromatic amines is 2. The molecule has 3 aliphatic rings. The molecule has 102 heavy (non-hydrogen) atoms. The van der Waals surface area contributed by atoms with Crippen LogP contribution in [0.3, 0.4) is 0 Å². The maximum absolute atomic E-state index is 16.7. The van der Waals surface area contributed by atoms with Crippen molar-refractivity contribution in [3.05, 3.63) is 111 Å². The van der Waals surface area contributed by atoms with Crippen LogP contribution < -0.4 is 54.6 Å². The minimum absolute atomic E-state index is 0.00517. The van der Waals surface area contributed by atoms with Crippen LogP contribution in [0.2, 0.25) is 0 Å². The normalized spacial score (nSPS) is 22.8. The van der Waals surface area contributed by atoms with Crippen LogP contribution in [-0.4, -0.2) is 195 Å². The van der Waals surface area contributed by atoms with Crippen molar-refractivity contribution >= 4 is 112 Å². The number of halogens is 1. The summed E-state index contributed by atoms with van der Waals surface area (Å²) >= 11 is 0.735. The summed E-state index contributed by atoms with van der Waals surface area (Å²) in [6.45, 7) is 1.36. The third kappa shape index (κ3) is 18.0. The topological polar surface area (TPSA) is 509 Å². The zero-order valence-electron chi connectivity index (χ0n) is 55.3. The highest BCUT2D eigenvalue weighted by Gasteiger charge is 2.53. The number of anilines is 4. The Morgan fingerprint density at radius 2 is 1.52 bits per heavy atom. The average Bonchev–Trinajstić information content (AvgIpc) is 1.62. The summed E-state index contributed by atoms with van der Waals surface area (Å²) < 4.78 is 96.0. The average molecular weight is 1480 g/mol. The van der Waals surface area contributed by atoms with Crippen LogP contribution >= 0.6 is 26.0 Å². The second kappa shape index (κ2) is 32.9. The number of alkyl halides is 1. The van der Waals surface area contributed by atoms with Gasteiger partial charge in [-0.3, -0.25) is 60.6 Å². The van der Waals surface area contributed by atoms with Gasteiger partial charge in [-0.25, -0.2) is 43.2 Å². The number of unbranched alkanes of at least 4 members (excludes halogenated alkanes) is 1. The molecule has 0 bridgehead atoms. The number of nitrogens with one attached hydrogen (secondary N) is 8. The standard InChI is InChI=1S/C60H75FN20O18P2S/c1-5-6-15-65-59-77-50(63)46-53(78-59)79(60(88)76-46)22-33-7-11-35(12-8-33)55(85)66-21-40(82)64-16-17-92-18-19-93-25-41(83)75-44(31(2)3)57(87)73-32(4)54(84)74-36-13-9-34(10-14-36)26-102-101(91)95-24-39-48(43(61)58(97-39)81-30-71-45-49(62)67-27-68-51(45)81)99-100(89,90)94-23-38-37(98-101)20-42(96-38)80-29-72-47-52(80)69-28-70-56(47)86/h7-14,27-32,37-39,42-44,48,58H,5-6,15-26H2,1-4H3,(H,64,82)(H,66,85)(H,73,87)(H,74,84)(H,75,83)(H,76,88)(H,89,90)(H2,62,67,68)(H,69,70,86)(H3,63,65,77,78)/t32-,37-,38+,39+,42+,43+,44-,48+,58+,101?/m0/s1. The Kier molecular flexibility index (Phi) is 23.8. The van der Waals surface area contributed by atoms with E-state index in [4.69, 9.17) is 48.5 Å². The lowest BCUT2D eigenvalue weighted by Gasteiger charge is -2.28. The summed E-state index contributed by atoms with van der Waals surface area (Å²) in [5.41, 5.74) is 14.0. The number of ether oxygens (including phenoxy) is 4. The lowest BCUT2D eigenvalue weighted by Crippen LogP contribution is -2.54.